The van der Waals surface area contributed by atoms with Crippen LogP contribution in [0.5, 0.6) is 0 Å². The lowest BCUT2D eigenvalue weighted by atomic mass is 10.3. The van der Waals surface area contributed by atoms with Crippen molar-refractivity contribution in [1.82, 2.24) is 9.36 Å². The van der Waals surface area contributed by atoms with Gasteiger partial charge in [-0.25, -0.2) is 4.98 Å². The highest BCUT2D eigenvalue weighted by Crippen LogP contribution is 2.22. The molecule has 1 saturated heterocycles. The summed E-state index contributed by atoms with van der Waals surface area (Å²) in [6.45, 7) is 4.18. The Kier molecular flexibility index (Phi) is 3.20. The van der Waals surface area contributed by atoms with E-state index in [9.17, 15) is 0 Å². The molecule has 4 nitrogen and oxygen atoms in total. The van der Waals surface area contributed by atoms with E-state index in [1.54, 1.807) is 0 Å². The second-order valence-electron chi connectivity index (χ2n) is 3.20. The Bertz CT molecular complexity index is 307. The maximum Gasteiger partial charge on any atom is 0.205 e. The highest BCUT2D eigenvalue weighted by molar-refractivity contribution is 7.09. The number of halogens is 1. The molecule has 0 amide bonds. The van der Waals surface area contributed by atoms with E-state index in [4.69, 9.17) is 16.3 Å². The van der Waals surface area contributed by atoms with Gasteiger partial charge in [0, 0.05) is 24.0 Å². The summed E-state index contributed by atoms with van der Waals surface area (Å²) in [7, 11) is 0. The predicted octanol–water partition coefficient (Wildman–Crippen LogP) is 1.29. The molecule has 1 atom stereocenters. The number of alkyl halides is 1. The zero-order valence-corrected chi connectivity index (χ0v) is 9.51. The molecule has 0 spiro atoms. The van der Waals surface area contributed by atoms with Crippen LogP contribution in [0.3, 0.4) is 0 Å². The van der Waals surface area contributed by atoms with Crippen LogP contribution >= 0.6 is 23.1 Å². The maximum atomic E-state index is 5.87. The number of morpholine rings is 1. The molecule has 1 aliphatic heterocycles. The van der Waals surface area contributed by atoms with Gasteiger partial charge in [0.25, 0.3) is 0 Å². The molecule has 0 bridgehead atoms. The SMILES string of the molecule is Cc1nsc(N2CCOCC2CCl)n1. The third-order valence-corrected chi connectivity index (χ3v) is 3.37. The Morgan fingerprint density at radius 1 is 1.71 bits per heavy atom. The van der Waals surface area contributed by atoms with Gasteiger partial charge in [0.15, 0.2) is 0 Å². The molecule has 0 N–H and O–H groups in total. The van der Waals surface area contributed by atoms with Crippen LogP contribution in [0.25, 0.3) is 0 Å². The molecule has 1 aromatic rings. The molecule has 1 aliphatic rings. The van der Waals surface area contributed by atoms with Crippen molar-refractivity contribution in [2.45, 2.75) is 13.0 Å². The summed E-state index contributed by atoms with van der Waals surface area (Å²) in [5.74, 6) is 1.39. The number of nitrogens with zero attached hydrogens (tertiary/aromatic N) is 3. The van der Waals surface area contributed by atoms with Crippen molar-refractivity contribution >= 4 is 28.3 Å². The zero-order valence-electron chi connectivity index (χ0n) is 7.94. The maximum absolute atomic E-state index is 5.87. The smallest absolute Gasteiger partial charge is 0.205 e. The lowest BCUT2D eigenvalue weighted by Crippen LogP contribution is -2.46. The third-order valence-electron chi connectivity index (χ3n) is 2.17. The molecule has 0 aromatic carbocycles. The fourth-order valence-corrected chi connectivity index (χ4v) is 2.47. The van der Waals surface area contributed by atoms with Gasteiger partial charge in [-0.1, -0.05) is 0 Å². The molecule has 1 unspecified atom stereocenters. The van der Waals surface area contributed by atoms with Crippen molar-refractivity contribution in [2.75, 3.05) is 30.5 Å². The van der Waals surface area contributed by atoms with Gasteiger partial charge in [0.05, 0.1) is 19.3 Å². The Hall–Kier alpha value is -0.390. The number of aromatic nitrogens is 2. The van der Waals surface area contributed by atoms with Crippen LogP contribution in [0.1, 0.15) is 5.82 Å². The van der Waals surface area contributed by atoms with E-state index < -0.39 is 0 Å². The minimum atomic E-state index is 0.234. The van der Waals surface area contributed by atoms with Crippen LogP contribution in [0.4, 0.5) is 5.13 Å². The van der Waals surface area contributed by atoms with E-state index in [0.29, 0.717) is 12.5 Å². The summed E-state index contributed by atoms with van der Waals surface area (Å²) < 4.78 is 9.53. The third kappa shape index (κ3) is 1.99. The summed E-state index contributed by atoms with van der Waals surface area (Å²) in [5.41, 5.74) is 0. The van der Waals surface area contributed by atoms with Gasteiger partial charge in [-0.2, -0.15) is 4.37 Å². The van der Waals surface area contributed by atoms with E-state index in [1.807, 2.05) is 6.92 Å². The fourth-order valence-electron chi connectivity index (χ4n) is 1.44. The molecular formula is C8H12ClN3OS. The minimum Gasteiger partial charge on any atom is -0.377 e. The summed E-state index contributed by atoms with van der Waals surface area (Å²) in [5, 5.41) is 0.955. The molecule has 0 saturated carbocycles. The highest BCUT2D eigenvalue weighted by atomic mass is 35.5. The summed E-state index contributed by atoms with van der Waals surface area (Å²) in [6, 6.07) is 0.234. The van der Waals surface area contributed by atoms with E-state index in [1.165, 1.54) is 11.5 Å². The average molecular weight is 234 g/mol. The molecule has 14 heavy (non-hydrogen) atoms. The van der Waals surface area contributed by atoms with E-state index in [2.05, 4.69) is 14.3 Å². The standard InChI is InChI=1S/C8H12ClN3OS/c1-6-10-8(14-11-6)12-2-3-13-5-7(12)4-9/h7H,2-5H2,1H3. The molecule has 0 aliphatic carbocycles. The Balaban J connectivity index is 2.14. The van der Waals surface area contributed by atoms with Gasteiger partial charge in [0.2, 0.25) is 5.13 Å². The van der Waals surface area contributed by atoms with E-state index >= 15 is 0 Å². The summed E-state index contributed by atoms with van der Waals surface area (Å²) >= 11 is 7.29. The Labute approximate surface area is 92.0 Å². The van der Waals surface area contributed by atoms with Gasteiger partial charge >= 0.3 is 0 Å². The van der Waals surface area contributed by atoms with Gasteiger partial charge in [-0.3, -0.25) is 0 Å². The molecule has 2 rings (SSSR count). The van der Waals surface area contributed by atoms with Gasteiger partial charge in [-0.05, 0) is 6.92 Å². The second-order valence-corrected chi connectivity index (χ2v) is 4.24. The molecule has 1 aromatic heterocycles. The second kappa shape index (κ2) is 4.42. The van der Waals surface area contributed by atoms with Crippen LogP contribution < -0.4 is 4.90 Å². The first-order valence-electron chi connectivity index (χ1n) is 4.52. The number of hydrogen-bond donors (Lipinski definition) is 0. The Morgan fingerprint density at radius 3 is 3.21 bits per heavy atom. The van der Waals surface area contributed by atoms with Crippen molar-refractivity contribution in [3.8, 4) is 0 Å². The first-order valence-corrected chi connectivity index (χ1v) is 5.82. The highest BCUT2D eigenvalue weighted by Gasteiger charge is 2.24. The van der Waals surface area contributed by atoms with Crippen LogP contribution in [0.15, 0.2) is 0 Å². The number of ether oxygens (including phenoxy) is 1. The molecule has 0 radical (unpaired) electrons. The van der Waals surface area contributed by atoms with Crippen molar-refractivity contribution in [3.05, 3.63) is 5.82 Å². The lowest BCUT2D eigenvalue weighted by molar-refractivity contribution is 0.0997. The zero-order chi connectivity index (χ0) is 9.97. The topological polar surface area (TPSA) is 38.2 Å². The lowest BCUT2D eigenvalue weighted by Gasteiger charge is -2.33. The van der Waals surface area contributed by atoms with Crippen LogP contribution in [-0.2, 0) is 4.74 Å². The number of aryl methyl sites for hydroxylation is 1. The normalized spacial score (nSPS) is 22.7. The minimum absolute atomic E-state index is 0.234. The molecule has 78 valence electrons. The van der Waals surface area contributed by atoms with Gasteiger partial charge in [0.1, 0.15) is 5.82 Å². The van der Waals surface area contributed by atoms with Crippen LogP contribution in [0, 0.1) is 6.92 Å². The number of rotatable bonds is 2. The molecule has 2 heterocycles. The quantitative estimate of drug-likeness (QED) is 0.722. The van der Waals surface area contributed by atoms with Crippen molar-refractivity contribution < 1.29 is 4.74 Å². The molecule has 6 heteroatoms. The van der Waals surface area contributed by atoms with Gasteiger partial charge < -0.3 is 9.64 Å². The van der Waals surface area contributed by atoms with Crippen LogP contribution in [0.2, 0.25) is 0 Å². The van der Waals surface area contributed by atoms with E-state index in [-0.39, 0.29) is 6.04 Å². The van der Waals surface area contributed by atoms with Crippen molar-refractivity contribution in [1.29, 1.82) is 0 Å². The number of anilines is 1. The van der Waals surface area contributed by atoms with Crippen molar-refractivity contribution in [3.63, 3.8) is 0 Å². The monoisotopic (exact) mass is 233 g/mol. The summed E-state index contributed by atoms with van der Waals surface area (Å²) in [6.07, 6.45) is 0. The first kappa shape index (κ1) is 10.1. The fraction of sp³-hybridized carbons (Fsp3) is 0.750. The molecule has 1 fully saturated rings. The van der Waals surface area contributed by atoms with E-state index in [0.717, 1.165) is 24.1 Å². The van der Waals surface area contributed by atoms with Crippen LogP contribution in [-0.4, -0.2) is 41.0 Å². The van der Waals surface area contributed by atoms with Gasteiger partial charge in [-0.15, -0.1) is 11.6 Å². The first-order chi connectivity index (χ1) is 6.81. The molecular weight excluding hydrogens is 222 g/mol. The van der Waals surface area contributed by atoms with Crippen molar-refractivity contribution in [2.24, 2.45) is 0 Å². The predicted molar refractivity (Wildman–Crippen MR) is 57.3 cm³/mol. The largest absolute Gasteiger partial charge is 0.377 e. The average Bonchev–Trinajstić information content (AvgIpc) is 2.65. The summed E-state index contributed by atoms with van der Waals surface area (Å²) in [4.78, 5) is 6.53. The Morgan fingerprint density at radius 2 is 2.57 bits per heavy atom. The number of hydrogen-bond acceptors (Lipinski definition) is 5.